The van der Waals surface area contributed by atoms with Gasteiger partial charge in [0.05, 0.1) is 6.42 Å². The highest BCUT2D eigenvalue weighted by molar-refractivity contribution is 5.84. The molecule has 1 saturated carbocycles. The van der Waals surface area contributed by atoms with Gasteiger partial charge in [-0.25, -0.2) is 0 Å². The lowest BCUT2D eigenvalue weighted by atomic mass is 9.64. The van der Waals surface area contributed by atoms with Crippen molar-refractivity contribution in [2.24, 2.45) is 17.8 Å². The average Bonchev–Trinajstić information content (AvgIpc) is 2.88. The van der Waals surface area contributed by atoms with E-state index >= 15 is 0 Å². The van der Waals surface area contributed by atoms with E-state index in [-0.39, 0.29) is 35.8 Å². The SMILES string of the molecule is C[C@@H]1CC[C@@H](C(C)(C)c2ccccc2)[C@H](OC(=O)[C@H]2CC(=O)OC2(C)C)C1. The maximum atomic E-state index is 12.9. The van der Waals surface area contributed by atoms with E-state index in [1.807, 2.05) is 6.07 Å². The number of benzene rings is 1. The molecule has 4 nitrogen and oxygen atoms in total. The molecule has 0 radical (unpaired) electrons. The minimum absolute atomic E-state index is 0.0934. The van der Waals surface area contributed by atoms with Crippen molar-refractivity contribution in [1.82, 2.24) is 0 Å². The first-order valence-corrected chi connectivity index (χ1v) is 10.1. The Morgan fingerprint density at radius 2 is 1.85 bits per heavy atom. The first-order valence-electron chi connectivity index (χ1n) is 10.1. The minimum Gasteiger partial charge on any atom is -0.462 e. The van der Waals surface area contributed by atoms with E-state index in [1.54, 1.807) is 13.8 Å². The Morgan fingerprint density at radius 3 is 2.44 bits per heavy atom. The molecule has 4 atom stereocenters. The zero-order valence-corrected chi connectivity index (χ0v) is 17.2. The number of hydrogen-bond donors (Lipinski definition) is 0. The van der Waals surface area contributed by atoms with E-state index in [1.165, 1.54) is 5.56 Å². The monoisotopic (exact) mass is 372 g/mol. The van der Waals surface area contributed by atoms with Gasteiger partial charge in [-0.2, -0.15) is 0 Å². The van der Waals surface area contributed by atoms with E-state index in [0.717, 1.165) is 19.3 Å². The molecule has 1 aliphatic heterocycles. The fourth-order valence-electron chi connectivity index (χ4n) is 4.78. The van der Waals surface area contributed by atoms with E-state index in [2.05, 4.69) is 45.0 Å². The summed E-state index contributed by atoms with van der Waals surface area (Å²) in [7, 11) is 0. The smallest absolute Gasteiger partial charge is 0.313 e. The molecule has 2 aliphatic rings. The Balaban J connectivity index is 1.81. The van der Waals surface area contributed by atoms with Crippen LogP contribution in [0.5, 0.6) is 0 Å². The van der Waals surface area contributed by atoms with Crippen LogP contribution < -0.4 is 0 Å². The molecule has 2 fully saturated rings. The third-order valence-electron chi connectivity index (χ3n) is 6.64. The highest BCUT2D eigenvalue weighted by Gasteiger charge is 2.49. The predicted molar refractivity (Wildman–Crippen MR) is 104 cm³/mol. The topological polar surface area (TPSA) is 52.6 Å². The Kier molecular flexibility index (Phi) is 5.38. The second-order valence-corrected chi connectivity index (χ2v) is 9.42. The van der Waals surface area contributed by atoms with Crippen LogP contribution in [-0.4, -0.2) is 23.6 Å². The summed E-state index contributed by atoms with van der Waals surface area (Å²) in [6.45, 7) is 10.3. The maximum absolute atomic E-state index is 12.9. The molecule has 1 saturated heterocycles. The summed E-state index contributed by atoms with van der Waals surface area (Å²) in [5.74, 6) is -0.358. The van der Waals surface area contributed by atoms with Gasteiger partial charge in [-0.05, 0) is 43.6 Å². The number of rotatable bonds is 4. The molecule has 148 valence electrons. The van der Waals surface area contributed by atoms with Crippen molar-refractivity contribution in [3.05, 3.63) is 35.9 Å². The average molecular weight is 373 g/mol. The van der Waals surface area contributed by atoms with Crippen LogP contribution >= 0.6 is 0 Å². The molecule has 1 aliphatic carbocycles. The summed E-state index contributed by atoms with van der Waals surface area (Å²) < 4.78 is 11.4. The second kappa shape index (κ2) is 7.29. The molecule has 0 N–H and O–H groups in total. The molecule has 1 heterocycles. The number of cyclic esters (lactones) is 1. The standard InChI is InChI=1S/C23H32O4/c1-15-11-12-17(22(2,3)16-9-7-6-8-10-16)19(13-15)26-21(25)18-14-20(24)27-23(18,4)5/h6-10,15,17-19H,11-14H2,1-5H3/t15-,17-,18-,19-/m1/s1. The van der Waals surface area contributed by atoms with Crippen molar-refractivity contribution in [2.45, 2.75) is 77.4 Å². The Morgan fingerprint density at radius 1 is 1.19 bits per heavy atom. The fraction of sp³-hybridized carbons (Fsp3) is 0.652. The zero-order chi connectivity index (χ0) is 19.8. The fourth-order valence-corrected chi connectivity index (χ4v) is 4.78. The van der Waals surface area contributed by atoms with Crippen molar-refractivity contribution in [3.63, 3.8) is 0 Å². The van der Waals surface area contributed by atoms with E-state index in [0.29, 0.717) is 5.92 Å². The molecular weight excluding hydrogens is 340 g/mol. The predicted octanol–water partition coefficient (Wildman–Crippen LogP) is 4.65. The maximum Gasteiger partial charge on any atom is 0.313 e. The van der Waals surface area contributed by atoms with Crippen molar-refractivity contribution >= 4 is 11.9 Å². The molecule has 0 aromatic heterocycles. The van der Waals surface area contributed by atoms with Crippen LogP contribution in [0.25, 0.3) is 0 Å². The van der Waals surface area contributed by atoms with Gasteiger partial charge in [-0.3, -0.25) is 9.59 Å². The lowest BCUT2D eigenvalue weighted by Gasteiger charge is -2.44. The summed E-state index contributed by atoms with van der Waals surface area (Å²) in [6.07, 6.45) is 3.02. The van der Waals surface area contributed by atoms with Crippen molar-refractivity contribution in [3.8, 4) is 0 Å². The number of carbonyl (C=O) groups excluding carboxylic acids is 2. The van der Waals surface area contributed by atoms with Crippen molar-refractivity contribution in [1.29, 1.82) is 0 Å². The molecule has 0 unspecified atom stereocenters. The highest BCUT2D eigenvalue weighted by Crippen LogP contribution is 2.44. The number of hydrogen-bond acceptors (Lipinski definition) is 4. The van der Waals surface area contributed by atoms with Crippen LogP contribution in [0.1, 0.15) is 65.9 Å². The third-order valence-corrected chi connectivity index (χ3v) is 6.64. The number of carbonyl (C=O) groups is 2. The van der Waals surface area contributed by atoms with Gasteiger partial charge in [-0.1, -0.05) is 57.5 Å². The summed E-state index contributed by atoms with van der Waals surface area (Å²) >= 11 is 0. The molecule has 0 spiro atoms. The molecule has 0 amide bonds. The Bertz CT molecular complexity index is 692. The highest BCUT2D eigenvalue weighted by atomic mass is 16.6. The summed E-state index contributed by atoms with van der Waals surface area (Å²) in [4.78, 5) is 24.6. The molecular formula is C23H32O4. The summed E-state index contributed by atoms with van der Waals surface area (Å²) in [5.41, 5.74) is 0.383. The third kappa shape index (κ3) is 4.04. The van der Waals surface area contributed by atoms with Gasteiger partial charge < -0.3 is 9.47 Å². The first kappa shape index (κ1) is 19.9. The quantitative estimate of drug-likeness (QED) is 0.722. The van der Waals surface area contributed by atoms with Crippen molar-refractivity contribution in [2.75, 3.05) is 0 Å². The van der Waals surface area contributed by atoms with Crippen LogP contribution in [0.4, 0.5) is 0 Å². The first-order chi connectivity index (χ1) is 12.6. The molecule has 3 rings (SSSR count). The van der Waals surface area contributed by atoms with Crippen LogP contribution in [0.3, 0.4) is 0 Å². The zero-order valence-electron chi connectivity index (χ0n) is 17.2. The second-order valence-electron chi connectivity index (χ2n) is 9.42. The van der Waals surface area contributed by atoms with Crippen molar-refractivity contribution < 1.29 is 19.1 Å². The molecule has 4 heteroatoms. The van der Waals surface area contributed by atoms with E-state index in [9.17, 15) is 9.59 Å². The summed E-state index contributed by atoms with van der Waals surface area (Å²) in [6, 6.07) is 10.5. The molecule has 1 aromatic rings. The van der Waals surface area contributed by atoms with Gasteiger partial charge in [0, 0.05) is 5.92 Å². The Labute approximate surface area is 162 Å². The van der Waals surface area contributed by atoms with Crippen LogP contribution in [0.2, 0.25) is 0 Å². The molecule has 27 heavy (non-hydrogen) atoms. The van der Waals surface area contributed by atoms with Crippen LogP contribution in [0.15, 0.2) is 30.3 Å². The van der Waals surface area contributed by atoms with Crippen LogP contribution in [-0.2, 0) is 24.5 Å². The normalized spacial score (nSPS) is 30.6. The van der Waals surface area contributed by atoms with E-state index < -0.39 is 11.5 Å². The Hall–Kier alpha value is -1.84. The summed E-state index contributed by atoms with van der Waals surface area (Å²) in [5, 5.41) is 0. The van der Waals surface area contributed by atoms with Gasteiger partial charge >= 0.3 is 11.9 Å². The molecule has 1 aromatic carbocycles. The van der Waals surface area contributed by atoms with Gasteiger partial charge in [-0.15, -0.1) is 0 Å². The largest absolute Gasteiger partial charge is 0.462 e. The van der Waals surface area contributed by atoms with E-state index in [4.69, 9.17) is 9.47 Å². The lowest BCUT2D eigenvalue weighted by molar-refractivity contribution is -0.166. The van der Waals surface area contributed by atoms with Gasteiger partial charge in [0.25, 0.3) is 0 Å². The minimum atomic E-state index is -0.793. The van der Waals surface area contributed by atoms with Gasteiger partial charge in [0.1, 0.15) is 17.6 Å². The van der Waals surface area contributed by atoms with Crippen LogP contribution in [0, 0.1) is 17.8 Å². The molecule has 0 bridgehead atoms. The lowest BCUT2D eigenvalue weighted by Crippen LogP contribution is -2.45. The number of esters is 2. The van der Waals surface area contributed by atoms with Gasteiger partial charge in [0.15, 0.2) is 0 Å². The van der Waals surface area contributed by atoms with Gasteiger partial charge in [0.2, 0.25) is 0 Å². The number of ether oxygens (including phenoxy) is 2.